The van der Waals surface area contributed by atoms with Gasteiger partial charge in [0.05, 0.1) is 12.6 Å². The molecule has 1 N–H and O–H groups in total. The second-order valence-corrected chi connectivity index (χ2v) is 3.61. The number of benzene rings is 1. The molecule has 0 saturated heterocycles. The summed E-state index contributed by atoms with van der Waals surface area (Å²) in [6.45, 7) is 0.241. The minimum absolute atomic E-state index is 0.217. The van der Waals surface area contributed by atoms with Crippen LogP contribution in [0.2, 0.25) is 0 Å². The lowest BCUT2D eigenvalue weighted by Gasteiger charge is -2.10. The van der Waals surface area contributed by atoms with E-state index in [4.69, 9.17) is 0 Å². The molecule has 0 aliphatic heterocycles. The number of aliphatic hydroxyl groups excluding tert-OH is 1. The Morgan fingerprint density at radius 2 is 2.12 bits per heavy atom. The standard InChI is InChI=1S/C11H11N3O3/c15-10(9-4-2-1-3-5-9)6-13-7-11(12-8-13)14(16)17/h1-5,7-8,10,15H,6H2. The minimum atomic E-state index is -0.704. The summed E-state index contributed by atoms with van der Waals surface area (Å²) in [5.74, 6) is -0.217. The van der Waals surface area contributed by atoms with Crippen LogP contribution in [0.5, 0.6) is 0 Å². The first-order chi connectivity index (χ1) is 8.16. The summed E-state index contributed by atoms with van der Waals surface area (Å²) in [7, 11) is 0. The van der Waals surface area contributed by atoms with Gasteiger partial charge in [-0.15, -0.1) is 0 Å². The van der Waals surface area contributed by atoms with Gasteiger partial charge in [0.25, 0.3) is 0 Å². The van der Waals surface area contributed by atoms with Gasteiger partial charge in [0.15, 0.2) is 0 Å². The van der Waals surface area contributed by atoms with E-state index in [1.807, 2.05) is 18.2 Å². The van der Waals surface area contributed by atoms with Crippen molar-refractivity contribution in [2.75, 3.05) is 0 Å². The second-order valence-electron chi connectivity index (χ2n) is 3.61. The van der Waals surface area contributed by atoms with Crippen LogP contribution in [-0.2, 0) is 6.54 Å². The first kappa shape index (κ1) is 11.3. The summed E-state index contributed by atoms with van der Waals surface area (Å²) in [6.07, 6.45) is 1.93. The predicted molar refractivity (Wildman–Crippen MR) is 60.3 cm³/mol. The molecule has 17 heavy (non-hydrogen) atoms. The Labute approximate surface area is 97.3 Å². The van der Waals surface area contributed by atoms with E-state index >= 15 is 0 Å². The molecular weight excluding hydrogens is 222 g/mol. The van der Waals surface area contributed by atoms with E-state index in [0.717, 1.165) is 5.56 Å². The topological polar surface area (TPSA) is 81.2 Å². The SMILES string of the molecule is O=[N+]([O-])c1cn(CC(O)c2ccccc2)cn1. The molecule has 6 heteroatoms. The van der Waals surface area contributed by atoms with Crippen molar-refractivity contribution in [3.05, 3.63) is 58.5 Å². The third-order valence-corrected chi connectivity index (χ3v) is 2.37. The van der Waals surface area contributed by atoms with Crippen molar-refractivity contribution in [1.82, 2.24) is 9.55 Å². The average Bonchev–Trinajstić information content (AvgIpc) is 2.79. The summed E-state index contributed by atoms with van der Waals surface area (Å²) in [4.78, 5) is 13.5. The average molecular weight is 233 g/mol. The molecule has 0 spiro atoms. The van der Waals surface area contributed by atoms with Gasteiger partial charge in [-0.05, 0) is 15.5 Å². The maximum atomic E-state index is 10.4. The molecule has 2 rings (SSSR count). The van der Waals surface area contributed by atoms with Crippen molar-refractivity contribution in [1.29, 1.82) is 0 Å². The highest BCUT2D eigenvalue weighted by molar-refractivity contribution is 5.18. The van der Waals surface area contributed by atoms with Gasteiger partial charge in [-0.25, -0.2) is 0 Å². The fourth-order valence-corrected chi connectivity index (χ4v) is 1.52. The van der Waals surface area contributed by atoms with Crippen LogP contribution < -0.4 is 0 Å². The second kappa shape index (κ2) is 4.75. The van der Waals surface area contributed by atoms with Crippen LogP contribution in [0.1, 0.15) is 11.7 Å². The van der Waals surface area contributed by atoms with E-state index in [9.17, 15) is 15.2 Å². The predicted octanol–water partition coefficient (Wildman–Crippen LogP) is 1.52. The summed E-state index contributed by atoms with van der Waals surface area (Å²) in [5.41, 5.74) is 0.767. The molecule has 0 aliphatic rings. The maximum absolute atomic E-state index is 10.4. The lowest BCUT2D eigenvalue weighted by molar-refractivity contribution is -0.389. The largest absolute Gasteiger partial charge is 0.387 e. The van der Waals surface area contributed by atoms with Gasteiger partial charge in [-0.2, -0.15) is 0 Å². The van der Waals surface area contributed by atoms with Crippen molar-refractivity contribution < 1.29 is 10.0 Å². The van der Waals surface area contributed by atoms with Crippen molar-refractivity contribution in [2.24, 2.45) is 0 Å². The number of rotatable bonds is 4. The summed E-state index contributed by atoms with van der Waals surface area (Å²) < 4.78 is 1.50. The fraction of sp³-hybridized carbons (Fsp3) is 0.182. The van der Waals surface area contributed by atoms with Crippen molar-refractivity contribution in [3.63, 3.8) is 0 Å². The van der Waals surface area contributed by atoms with Crippen molar-refractivity contribution >= 4 is 5.82 Å². The number of hydrogen-bond donors (Lipinski definition) is 1. The van der Waals surface area contributed by atoms with Gasteiger partial charge in [0.2, 0.25) is 6.33 Å². The Hall–Kier alpha value is -2.21. The molecule has 0 bridgehead atoms. The van der Waals surface area contributed by atoms with Gasteiger partial charge in [0.1, 0.15) is 6.20 Å². The Morgan fingerprint density at radius 1 is 1.41 bits per heavy atom. The van der Waals surface area contributed by atoms with E-state index in [1.54, 1.807) is 12.1 Å². The zero-order valence-electron chi connectivity index (χ0n) is 8.93. The van der Waals surface area contributed by atoms with Crippen LogP contribution in [0.4, 0.5) is 5.82 Å². The molecular formula is C11H11N3O3. The summed E-state index contributed by atoms with van der Waals surface area (Å²) in [6, 6.07) is 9.12. The van der Waals surface area contributed by atoms with Crippen LogP contribution in [0.3, 0.4) is 0 Å². The first-order valence-corrected chi connectivity index (χ1v) is 5.06. The van der Waals surface area contributed by atoms with Gasteiger partial charge in [-0.3, -0.25) is 0 Å². The molecule has 0 radical (unpaired) electrons. The molecule has 6 nitrogen and oxygen atoms in total. The van der Waals surface area contributed by atoms with Gasteiger partial charge < -0.3 is 19.8 Å². The van der Waals surface area contributed by atoms with E-state index < -0.39 is 11.0 Å². The van der Waals surface area contributed by atoms with Crippen molar-refractivity contribution in [3.8, 4) is 0 Å². The third-order valence-electron chi connectivity index (χ3n) is 2.37. The minimum Gasteiger partial charge on any atom is -0.387 e. The monoisotopic (exact) mass is 233 g/mol. The smallest absolute Gasteiger partial charge is 0.381 e. The molecule has 1 unspecified atom stereocenters. The quantitative estimate of drug-likeness (QED) is 0.641. The van der Waals surface area contributed by atoms with E-state index in [1.165, 1.54) is 17.1 Å². The molecule has 88 valence electrons. The maximum Gasteiger partial charge on any atom is 0.381 e. The van der Waals surface area contributed by atoms with E-state index in [2.05, 4.69) is 4.98 Å². The molecule has 1 heterocycles. The van der Waals surface area contributed by atoms with E-state index in [-0.39, 0.29) is 12.4 Å². The normalized spacial score (nSPS) is 12.3. The Bertz CT molecular complexity index is 510. The zero-order chi connectivity index (χ0) is 12.3. The molecule has 1 aromatic heterocycles. The summed E-state index contributed by atoms with van der Waals surface area (Å²) in [5, 5.41) is 20.3. The molecule has 0 fully saturated rings. The van der Waals surface area contributed by atoms with Gasteiger partial charge in [-0.1, -0.05) is 30.3 Å². The Balaban J connectivity index is 2.08. The molecule has 0 aliphatic carbocycles. The van der Waals surface area contributed by atoms with E-state index in [0.29, 0.717) is 0 Å². The molecule has 1 atom stereocenters. The lowest BCUT2D eigenvalue weighted by atomic mass is 10.1. The van der Waals surface area contributed by atoms with Crippen LogP contribution in [0.25, 0.3) is 0 Å². The number of aromatic nitrogens is 2. The highest BCUT2D eigenvalue weighted by Crippen LogP contribution is 2.15. The van der Waals surface area contributed by atoms with Gasteiger partial charge in [0, 0.05) is 0 Å². The highest BCUT2D eigenvalue weighted by Gasteiger charge is 2.13. The molecule has 0 saturated carbocycles. The van der Waals surface area contributed by atoms with Crippen molar-refractivity contribution in [2.45, 2.75) is 12.6 Å². The zero-order valence-corrected chi connectivity index (χ0v) is 8.93. The number of hydrogen-bond acceptors (Lipinski definition) is 4. The highest BCUT2D eigenvalue weighted by atomic mass is 16.6. The van der Waals surface area contributed by atoms with Crippen LogP contribution in [-0.4, -0.2) is 19.6 Å². The lowest BCUT2D eigenvalue weighted by Crippen LogP contribution is -2.06. The number of nitrogens with zero attached hydrogens (tertiary/aromatic N) is 3. The van der Waals surface area contributed by atoms with Crippen LogP contribution >= 0.6 is 0 Å². The van der Waals surface area contributed by atoms with Crippen LogP contribution in [0, 0.1) is 10.1 Å². The number of aliphatic hydroxyl groups is 1. The Kier molecular flexibility index (Phi) is 3.15. The fourth-order valence-electron chi connectivity index (χ4n) is 1.52. The van der Waals surface area contributed by atoms with Gasteiger partial charge >= 0.3 is 5.82 Å². The number of imidazole rings is 1. The molecule has 2 aromatic rings. The van der Waals surface area contributed by atoms with Crippen LogP contribution in [0.15, 0.2) is 42.9 Å². The molecule has 1 aromatic carbocycles. The third kappa shape index (κ3) is 2.67. The summed E-state index contributed by atoms with van der Waals surface area (Å²) >= 11 is 0. The molecule has 0 amide bonds. The first-order valence-electron chi connectivity index (χ1n) is 5.06. The Morgan fingerprint density at radius 3 is 2.71 bits per heavy atom. The number of nitro groups is 1.